The normalized spacial score (nSPS) is 13.7. The summed E-state index contributed by atoms with van der Waals surface area (Å²) in [7, 11) is 0. The number of aliphatic hydroxyl groups is 1. The number of aliphatic imine (C=N–C) groups is 1. The second-order valence-electron chi connectivity index (χ2n) is 5.80. The van der Waals surface area contributed by atoms with Crippen molar-refractivity contribution in [2.24, 2.45) is 4.99 Å². The Labute approximate surface area is 181 Å². The molecule has 6 nitrogen and oxygen atoms in total. The van der Waals surface area contributed by atoms with Crippen LogP contribution >= 0.6 is 35.6 Å². The molecule has 0 saturated carbocycles. The first-order chi connectivity index (χ1) is 12.7. The van der Waals surface area contributed by atoms with Gasteiger partial charge in [0.25, 0.3) is 0 Å². The minimum atomic E-state index is -0.724. The maximum absolute atomic E-state index is 10.3. The van der Waals surface area contributed by atoms with Crippen LogP contribution in [0.1, 0.15) is 24.2 Å². The quantitative estimate of drug-likeness (QED) is 0.320. The van der Waals surface area contributed by atoms with Gasteiger partial charge in [-0.2, -0.15) is 0 Å². The third-order valence-electron chi connectivity index (χ3n) is 3.93. The number of halogens is 2. The van der Waals surface area contributed by atoms with E-state index in [9.17, 15) is 5.11 Å². The number of guanidine groups is 1. The molecule has 0 saturated heterocycles. The molecule has 1 aliphatic rings. The van der Waals surface area contributed by atoms with Crippen molar-refractivity contribution < 1.29 is 14.6 Å². The van der Waals surface area contributed by atoms with E-state index in [-0.39, 0.29) is 30.8 Å². The van der Waals surface area contributed by atoms with Crippen LogP contribution in [0.3, 0.4) is 0 Å². The second kappa shape index (κ2) is 10.6. The summed E-state index contributed by atoms with van der Waals surface area (Å²) in [6.07, 6.45) is -0.724. The molecule has 27 heavy (non-hydrogen) atoms. The lowest BCUT2D eigenvalue weighted by atomic mass is 10.1. The Morgan fingerprint density at radius 2 is 1.96 bits per heavy atom. The summed E-state index contributed by atoms with van der Waals surface area (Å²) in [5.74, 6) is 2.12. The maximum atomic E-state index is 10.3. The summed E-state index contributed by atoms with van der Waals surface area (Å²) in [6, 6.07) is 13.0. The molecule has 2 aromatic carbocycles. The van der Waals surface area contributed by atoms with Crippen molar-refractivity contribution in [3.63, 3.8) is 0 Å². The number of hydrogen-bond donors (Lipinski definition) is 3. The molecule has 3 rings (SSSR count). The van der Waals surface area contributed by atoms with E-state index >= 15 is 0 Å². The minimum Gasteiger partial charge on any atom is -0.454 e. The van der Waals surface area contributed by atoms with Crippen molar-refractivity contribution in [1.82, 2.24) is 10.6 Å². The molecular weight excluding hydrogens is 481 g/mol. The van der Waals surface area contributed by atoms with Gasteiger partial charge in [0.1, 0.15) is 0 Å². The fourth-order valence-corrected chi connectivity index (χ4v) is 2.86. The molecule has 2 aromatic rings. The van der Waals surface area contributed by atoms with Gasteiger partial charge in [0.15, 0.2) is 17.5 Å². The van der Waals surface area contributed by atoms with Crippen LogP contribution in [0.25, 0.3) is 0 Å². The molecule has 146 valence electrons. The standard InChI is InChI=1S/C19H22ClN3O3.HI/c1-2-21-19(23-11-16(24)14-5-3-4-6-15(14)20)22-10-13-7-8-17-18(9-13)26-12-25-17;/h3-9,16,24H,2,10-12H2,1H3,(H2,21,22,23);1H. The van der Waals surface area contributed by atoms with Crippen LogP contribution < -0.4 is 20.1 Å². The number of aliphatic hydroxyl groups excluding tert-OH is 1. The van der Waals surface area contributed by atoms with Gasteiger partial charge in [-0.25, -0.2) is 4.99 Å². The number of nitrogens with zero attached hydrogens (tertiary/aromatic N) is 1. The molecule has 0 amide bonds. The van der Waals surface area contributed by atoms with Crippen molar-refractivity contribution in [3.8, 4) is 11.5 Å². The van der Waals surface area contributed by atoms with Crippen LogP contribution in [-0.2, 0) is 6.54 Å². The fraction of sp³-hybridized carbons (Fsp3) is 0.316. The number of ether oxygens (including phenoxy) is 2. The highest BCUT2D eigenvalue weighted by Gasteiger charge is 2.14. The molecule has 0 aromatic heterocycles. The SMILES string of the molecule is CCNC(=NCc1ccc2c(c1)OCO2)NCC(O)c1ccccc1Cl.I. The van der Waals surface area contributed by atoms with Crippen molar-refractivity contribution >= 4 is 41.5 Å². The highest BCUT2D eigenvalue weighted by Crippen LogP contribution is 2.32. The van der Waals surface area contributed by atoms with Gasteiger partial charge in [-0.1, -0.05) is 35.9 Å². The molecule has 1 atom stereocenters. The van der Waals surface area contributed by atoms with E-state index in [1.54, 1.807) is 6.07 Å². The second-order valence-corrected chi connectivity index (χ2v) is 6.21. The van der Waals surface area contributed by atoms with E-state index in [0.29, 0.717) is 29.6 Å². The van der Waals surface area contributed by atoms with Gasteiger partial charge in [0, 0.05) is 23.7 Å². The third kappa shape index (κ3) is 5.88. The van der Waals surface area contributed by atoms with Crippen molar-refractivity contribution in [1.29, 1.82) is 0 Å². The zero-order valence-corrected chi connectivity index (χ0v) is 18.0. The van der Waals surface area contributed by atoms with E-state index in [1.165, 1.54) is 0 Å². The predicted octanol–water partition coefficient (Wildman–Crippen LogP) is 3.48. The van der Waals surface area contributed by atoms with E-state index in [4.69, 9.17) is 21.1 Å². The Hall–Kier alpha value is -1.71. The summed E-state index contributed by atoms with van der Waals surface area (Å²) in [4.78, 5) is 4.55. The summed E-state index contributed by atoms with van der Waals surface area (Å²) >= 11 is 6.13. The monoisotopic (exact) mass is 503 g/mol. The van der Waals surface area contributed by atoms with Crippen molar-refractivity contribution in [2.75, 3.05) is 19.9 Å². The Morgan fingerprint density at radius 3 is 2.74 bits per heavy atom. The van der Waals surface area contributed by atoms with Crippen LogP contribution in [0.15, 0.2) is 47.5 Å². The summed E-state index contributed by atoms with van der Waals surface area (Å²) in [5.41, 5.74) is 1.70. The molecule has 1 unspecified atom stereocenters. The van der Waals surface area contributed by atoms with Gasteiger partial charge in [0.05, 0.1) is 12.6 Å². The van der Waals surface area contributed by atoms with Crippen LogP contribution in [0, 0.1) is 0 Å². The first kappa shape index (κ1) is 21.6. The Morgan fingerprint density at radius 1 is 1.19 bits per heavy atom. The minimum absolute atomic E-state index is 0. The molecule has 1 aliphatic heterocycles. The van der Waals surface area contributed by atoms with Crippen LogP contribution in [-0.4, -0.2) is 30.9 Å². The summed E-state index contributed by atoms with van der Waals surface area (Å²) < 4.78 is 10.7. The molecule has 1 heterocycles. The maximum Gasteiger partial charge on any atom is 0.231 e. The Kier molecular flexibility index (Phi) is 8.46. The van der Waals surface area contributed by atoms with Crippen LogP contribution in [0.2, 0.25) is 5.02 Å². The van der Waals surface area contributed by atoms with Gasteiger partial charge < -0.3 is 25.2 Å². The van der Waals surface area contributed by atoms with E-state index in [0.717, 1.165) is 23.6 Å². The summed E-state index contributed by atoms with van der Waals surface area (Å²) in [6.45, 7) is 3.74. The van der Waals surface area contributed by atoms with Gasteiger partial charge in [-0.3, -0.25) is 0 Å². The Bertz CT molecular complexity index is 789. The molecule has 8 heteroatoms. The average molecular weight is 504 g/mol. The lowest BCUT2D eigenvalue weighted by Crippen LogP contribution is -2.39. The van der Waals surface area contributed by atoms with Crippen LogP contribution in [0.4, 0.5) is 0 Å². The number of rotatable bonds is 6. The first-order valence-corrected chi connectivity index (χ1v) is 8.88. The fourth-order valence-electron chi connectivity index (χ4n) is 2.60. The molecule has 0 bridgehead atoms. The molecule has 3 N–H and O–H groups in total. The van der Waals surface area contributed by atoms with E-state index in [2.05, 4.69) is 15.6 Å². The molecular formula is C19H23ClIN3O3. The van der Waals surface area contributed by atoms with Crippen LogP contribution in [0.5, 0.6) is 11.5 Å². The van der Waals surface area contributed by atoms with Gasteiger partial charge in [-0.15, -0.1) is 24.0 Å². The molecule has 0 spiro atoms. The largest absolute Gasteiger partial charge is 0.454 e. The number of benzene rings is 2. The average Bonchev–Trinajstić information content (AvgIpc) is 3.12. The van der Waals surface area contributed by atoms with E-state index < -0.39 is 6.10 Å². The smallest absolute Gasteiger partial charge is 0.231 e. The number of nitrogens with one attached hydrogen (secondary N) is 2. The predicted molar refractivity (Wildman–Crippen MR) is 117 cm³/mol. The van der Waals surface area contributed by atoms with Gasteiger partial charge in [0.2, 0.25) is 6.79 Å². The zero-order chi connectivity index (χ0) is 18.4. The summed E-state index contributed by atoms with van der Waals surface area (Å²) in [5, 5.41) is 17.2. The number of fused-ring (bicyclic) bond motifs is 1. The van der Waals surface area contributed by atoms with Crippen molar-refractivity contribution in [3.05, 3.63) is 58.6 Å². The molecule has 0 radical (unpaired) electrons. The number of hydrogen-bond acceptors (Lipinski definition) is 4. The van der Waals surface area contributed by atoms with Crippen molar-refractivity contribution in [2.45, 2.75) is 19.6 Å². The first-order valence-electron chi connectivity index (χ1n) is 8.50. The third-order valence-corrected chi connectivity index (χ3v) is 4.27. The highest BCUT2D eigenvalue weighted by atomic mass is 127. The van der Waals surface area contributed by atoms with Gasteiger partial charge >= 0.3 is 0 Å². The zero-order valence-electron chi connectivity index (χ0n) is 14.9. The topological polar surface area (TPSA) is 75.1 Å². The molecule has 0 fully saturated rings. The van der Waals surface area contributed by atoms with E-state index in [1.807, 2.05) is 43.3 Å². The van der Waals surface area contributed by atoms with Gasteiger partial charge in [-0.05, 0) is 30.7 Å². The highest BCUT2D eigenvalue weighted by molar-refractivity contribution is 14.0. The molecule has 0 aliphatic carbocycles. The lowest BCUT2D eigenvalue weighted by molar-refractivity contribution is 0.174. The lowest BCUT2D eigenvalue weighted by Gasteiger charge is -2.16. The Balaban J connectivity index is 0.00000261.